The van der Waals surface area contributed by atoms with Crippen LogP contribution in [0.25, 0.3) is 0 Å². The highest BCUT2D eigenvalue weighted by molar-refractivity contribution is 9.10. The predicted molar refractivity (Wildman–Crippen MR) is 44.5 cm³/mol. The molecule has 0 bridgehead atoms. The van der Waals surface area contributed by atoms with E-state index in [1.807, 2.05) is 0 Å². The van der Waals surface area contributed by atoms with Gasteiger partial charge < -0.3 is 5.21 Å². The summed E-state index contributed by atoms with van der Waals surface area (Å²) in [7, 11) is 0. The van der Waals surface area contributed by atoms with Crippen LogP contribution < -0.4 is 4.73 Å². The molecular formula is C6H5BrN2O3. The monoisotopic (exact) mass is 232 g/mol. The molecule has 6 heteroatoms. The van der Waals surface area contributed by atoms with Crippen molar-refractivity contribution in [2.24, 2.45) is 0 Å². The first-order chi connectivity index (χ1) is 5.52. The first-order valence-electron chi connectivity index (χ1n) is 3.06. The maximum absolute atomic E-state index is 10.9. The van der Waals surface area contributed by atoms with Gasteiger partial charge in [-0.2, -0.15) is 0 Å². The number of halogens is 1. The van der Waals surface area contributed by atoms with Crippen molar-refractivity contribution in [3.05, 3.63) is 37.6 Å². The zero-order valence-electron chi connectivity index (χ0n) is 6.15. The highest BCUT2D eigenvalue weighted by Crippen LogP contribution is 2.16. The van der Waals surface area contributed by atoms with Gasteiger partial charge in [-0.1, -0.05) is 0 Å². The van der Waals surface area contributed by atoms with E-state index in [2.05, 4.69) is 15.9 Å². The van der Waals surface area contributed by atoms with Gasteiger partial charge in [0.25, 0.3) is 0 Å². The Morgan fingerprint density at radius 3 is 2.75 bits per heavy atom. The Kier molecular flexibility index (Phi) is 2.27. The predicted octanol–water partition coefficient (Wildman–Crippen LogP) is 1.30. The molecule has 0 unspecified atom stereocenters. The Bertz CT molecular complexity index is 340. The third-order valence-corrected chi connectivity index (χ3v) is 2.20. The van der Waals surface area contributed by atoms with Crippen molar-refractivity contribution in [3.8, 4) is 0 Å². The van der Waals surface area contributed by atoms with E-state index in [0.29, 0.717) is 10.0 Å². The first-order valence-corrected chi connectivity index (χ1v) is 3.85. The molecule has 5 nitrogen and oxygen atoms in total. The van der Waals surface area contributed by atoms with Crippen LogP contribution in [0.1, 0.15) is 5.56 Å². The SMILES string of the molecule is Cc1cc([N+](=O)[O-])[n+]([O-])cc1Br. The van der Waals surface area contributed by atoms with Crippen molar-refractivity contribution >= 4 is 21.7 Å². The summed E-state index contributed by atoms with van der Waals surface area (Å²) in [5, 5.41) is 21.1. The maximum Gasteiger partial charge on any atom is 0.513 e. The van der Waals surface area contributed by atoms with E-state index in [4.69, 9.17) is 0 Å². The summed E-state index contributed by atoms with van der Waals surface area (Å²) in [6, 6.07) is 1.22. The molecule has 0 aliphatic rings. The van der Waals surface area contributed by atoms with E-state index in [-0.39, 0.29) is 4.73 Å². The molecule has 0 fully saturated rings. The second-order valence-electron chi connectivity index (χ2n) is 2.25. The van der Waals surface area contributed by atoms with Crippen molar-refractivity contribution in [2.45, 2.75) is 6.92 Å². The van der Waals surface area contributed by atoms with Gasteiger partial charge in [0.05, 0.1) is 10.5 Å². The smallest absolute Gasteiger partial charge is 0.513 e. The van der Waals surface area contributed by atoms with Crippen LogP contribution in [-0.2, 0) is 0 Å². The Labute approximate surface area is 76.5 Å². The molecule has 0 spiro atoms. The lowest BCUT2D eigenvalue weighted by Crippen LogP contribution is -2.29. The molecule has 0 aliphatic heterocycles. The van der Waals surface area contributed by atoms with Crippen LogP contribution in [0.4, 0.5) is 5.82 Å². The summed E-state index contributed by atoms with van der Waals surface area (Å²) in [4.78, 5) is 9.54. The van der Waals surface area contributed by atoms with Gasteiger partial charge in [0.1, 0.15) is 4.92 Å². The molecule has 0 atom stereocenters. The van der Waals surface area contributed by atoms with Gasteiger partial charge >= 0.3 is 5.82 Å². The Hall–Kier alpha value is -1.17. The van der Waals surface area contributed by atoms with Crippen LogP contribution in [0.15, 0.2) is 16.7 Å². The van der Waals surface area contributed by atoms with Gasteiger partial charge in [-0.05, 0) is 28.4 Å². The third kappa shape index (κ3) is 1.53. The standard InChI is InChI=1S/C6H5BrN2O3/c1-4-2-6(9(11)12)8(10)3-5(4)7/h2-3H,1H3. The summed E-state index contributed by atoms with van der Waals surface area (Å²) in [5.41, 5.74) is 0.661. The van der Waals surface area contributed by atoms with E-state index in [9.17, 15) is 15.3 Å². The van der Waals surface area contributed by atoms with Gasteiger partial charge in [0.2, 0.25) is 6.20 Å². The Morgan fingerprint density at radius 1 is 1.67 bits per heavy atom. The Balaban J connectivity index is 3.33. The van der Waals surface area contributed by atoms with Crippen LogP contribution in [-0.4, -0.2) is 4.92 Å². The number of rotatable bonds is 1. The molecule has 0 amide bonds. The lowest BCUT2D eigenvalue weighted by Gasteiger charge is -1.98. The zero-order valence-corrected chi connectivity index (χ0v) is 7.74. The minimum absolute atomic E-state index is 0.219. The quantitative estimate of drug-likeness (QED) is 0.317. The summed E-state index contributed by atoms with van der Waals surface area (Å²) >= 11 is 3.09. The number of nitrogens with zero attached hydrogens (tertiary/aromatic N) is 2. The lowest BCUT2D eigenvalue weighted by molar-refractivity contribution is -0.665. The molecule has 0 saturated carbocycles. The lowest BCUT2D eigenvalue weighted by atomic mass is 10.3. The summed E-state index contributed by atoms with van der Waals surface area (Å²) in [6.07, 6.45) is 1.12. The van der Waals surface area contributed by atoms with Gasteiger partial charge in [-0.3, -0.25) is 10.1 Å². The van der Waals surface area contributed by atoms with Crippen LogP contribution >= 0.6 is 15.9 Å². The average Bonchev–Trinajstić information content (AvgIpc) is 1.96. The van der Waals surface area contributed by atoms with Crippen molar-refractivity contribution in [3.63, 3.8) is 0 Å². The number of hydrogen-bond acceptors (Lipinski definition) is 3. The number of aromatic nitrogens is 1. The van der Waals surface area contributed by atoms with Crippen LogP contribution in [0.5, 0.6) is 0 Å². The largest absolute Gasteiger partial charge is 0.614 e. The van der Waals surface area contributed by atoms with E-state index < -0.39 is 10.7 Å². The number of hydrogen-bond donors (Lipinski definition) is 0. The van der Waals surface area contributed by atoms with Gasteiger partial charge in [0.15, 0.2) is 0 Å². The molecule has 1 heterocycles. The van der Waals surface area contributed by atoms with E-state index in [0.717, 1.165) is 6.20 Å². The Morgan fingerprint density at radius 2 is 2.25 bits per heavy atom. The second kappa shape index (κ2) is 3.06. The number of pyridine rings is 1. The van der Waals surface area contributed by atoms with Crippen molar-refractivity contribution in [1.82, 2.24) is 0 Å². The minimum Gasteiger partial charge on any atom is -0.614 e. The fourth-order valence-corrected chi connectivity index (χ4v) is 1.03. The number of aryl methyl sites for hydroxylation is 1. The molecule has 12 heavy (non-hydrogen) atoms. The highest BCUT2D eigenvalue weighted by atomic mass is 79.9. The summed E-state index contributed by atoms with van der Waals surface area (Å²) < 4.78 is 0.778. The van der Waals surface area contributed by atoms with E-state index in [1.165, 1.54) is 6.07 Å². The molecule has 1 aromatic rings. The fourth-order valence-electron chi connectivity index (χ4n) is 0.730. The van der Waals surface area contributed by atoms with Gasteiger partial charge in [-0.25, -0.2) is 0 Å². The topological polar surface area (TPSA) is 70.1 Å². The fraction of sp³-hybridized carbons (Fsp3) is 0.167. The normalized spacial score (nSPS) is 9.83. The second-order valence-corrected chi connectivity index (χ2v) is 3.10. The molecule has 64 valence electrons. The summed E-state index contributed by atoms with van der Waals surface area (Å²) in [5.74, 6) is -0.462. The highest BCUT2D eigenvalue weighted by Gasteiger charge is 2.19. The van der Waals surface area contributed by atoms with Crippen LogP contribution in [0, 0.1) is 22.2 Å². The van der Waals surface area contributed by atoms with Gasteiger partial charge in [-0.15, -0.1) is 4.73 Å². The molecule has 0 aliphatic carbocycles. The van der Waals surface area contributed by atoms with Crippen molar-refractivity contribution < 1.29 is 9.65 Å². The third-order valence-electron chi connectivity index (χ3n) is 1.37. The molecule has 0 N–H and O–H groups in total. The van der Waals surface area contributed by atoms with Crippen LogP contribution in [0.3, 0.4) is 0 Å². The minimum atomic E-state index is -0.716. The van der Waals surface area contributed by atoms with Crippen molar-refractivity contribution in [2.75, 3.05) is 0 Å². The van der Waals surface area contributed by atoms with Crippen LogP contribution in [0.2, 0.25) is 0 Å². The summed E-state index contributed by atoms with van der Waals surface area (Å²) in [6.45, 7) is 1.68. The average molecular weight is 233 g/mol. The zero-order chi connectivity index (χ0) is 9.30. The molecule has 0 radical (unpaired) electrons. The number of nitro groups is 1. The molecule has 0 saturated heterocycles. The van der Waals surface area contributed by atoms with Gasteiger partial charge in [0, 0.05) is 0 Å². The first kappa shape index (κ1) is 8.92. The van der Waals surface area contributed by atoms with E-state index in [1.54, 1.807) is 6.92 Å². The molecule has 0 aromatic carbocycles. The molecule has 1 aromatic heterocycles. The maximum atomic E-state index is 10.9. The van der Waals surface area contributed by atoms with Crippen molar-refractivity contribution in [1.29, 1.82) is 0 Å². The molecular weight excluding hydrogens is 228 g/mol. The molecule has 1 rings (SSSR count). The van der Waals surface area contributed by atoms with E-state index >= 15 is 0 Å².